The molecule has 2 amide bonds. The molecule has 2 aliphatic rings. The minimum Gasteiger partial charge on any atom is -0.493 e. The van der Waals surface area contributed by atoms with Gasteiger partial charge in [-0.2, -0.15) is 0 Å². The predicted octanol–water partition coefficient (Wildman–Crippen LogP) is 5.22. The monoisotopic (exact) mass is 476 g/mol. The van der Waals surface area contributed by atoms with Crippen molar-refractivity contribution in [1.82, 2.24) is 10.2 Å². The van der Waals surface area contributed by atoms with E-state index in [9.17, 15) is 18.4 Å². The third-order valence-corrected chi connectivity index (χ3v) is 6.92. The van der Waals surface area contributed by atoms with E-state index in [-0.39, 0.29) is 16.9 Å². The summed E-state index contributed by atoms with van der Waals surface area (Å²) in [6, 6.07) is 7.96. The number of ether oxygens (including phenoxy) is 1. The lowest BCUT2D eigenvalue weighted by Crippen LogP contribution is -2.48. The molecular formula is C25H27ClF2N2O3. The van der Waals surface area contributed by atoms with Gasteiger partial charge in [0.05, 0.1) is 17.7 Å². The van der Waals surface area contributed by atoms with Crippen molar-refractivity contribution in [2.45, 2.75) is 38.5 Å². The van der Waals surface area contributed by atoms with Gasteiger partial charge in [-0.1, -0.05) is 24.4 Å². The number of carbonyl (C=O) groups excluding carboxylic acids is 2. The maximum atomic E-state index is 14.1. The minimum absolute atomic E-state index is 0.161. The SMILES string of the molecule is O=C1NCC2(CCCCCOc3ccc(Cl)cc31)CCN(C(=O)c1cc(F)ccc1F)CC2. The summed E-state index contributed by atoms with van der Waals surface area (Å²) >= 11 is 6.10. The van der Waals surface area contributed by atoms with Crippen LogP contribution in [0, 0.1) is 17.0 Å². The highest BCUT2D eigenvalue weighted by Crippen LogP contribution is 2.37. The lowest BCUT2D eigenvalue weighted by Gasteiger charge is -2.42. The summed E-state index contributed by atoms with van der Waals surface area (Å²) in [4.78, 5) is 27.3. The van der Waals surface area contributed by atoms with Gasteiger partial charge in [-0.25, -0.2) is 8.78 Å². The molecule has 4 rings (SSSR count). The van der Waals surface area contributed by atoms with Crippen LogP contribution in [-0.4, -0.2) is 43.0 Å². The Bertz CT molecular complexity index is 1040. The second kappa shape index (κ2) is 10.1. The Balaban J connectivity index is 1.47. The smallest absolute Gasteiger partial charge is 0.256 e. The van der Waals surface area contributed by atoms with Gasteiger partial charge in [-0.3, -0.25) is 9.59 Å². The summed E-state index contributed by atoms with van der Waals surface area (Å²) in [5.41, 5.74) is 0.00460. The van der Waals surface area contributed by atoms with E-state index in [1.807, 2.05) is 0 Å². The van der Waals surface area contributed by atoms with Gasteiger partial charge in [-0.05, 0) is 67.5 Å². The van der Waals surface area contributed by atoms with Crippen LogP contribution in [0.15, 0.2) is 36.4 Å². The lowest BCUT2D eigenvalue weighted by molar-refractivity contribution is 0.0529. The molecule has 2 aromatic carbocycles. The standard InChI is InChI=1S/C25H27ClF2N2O3/c26-17-4-7-22-20(14-17)23(31)29-16-25(8-2-1-3-13-33-22)9-11-30(12-10-25)24(32)19-15-18(27)5-6-21(19)28/h4-7,14-15H,1-3,8-13,16H2,(H,29,31). The van der Waals surface area contributed by atoms with E-state index < -0.39 is 17.5 Å². The molecule has 1 N–H and O–H groups in total. The fourth-order valence-electron chi connectivity index (χ4n) is 4.66. The maximum Gasteiger partial charge on any atom is 0.256 e. The van der Waals surface area contributed by atoms with E-state index in [2.05, 4.69) is 5.32 Å². The number of nitrogens with one attached hydrogen (secondary N) is 1. The average molecular weight is 477 g/mol. The van der Waals surface area contributed by atoms with Gasteiger partial charge in [-0.15, -0.1) is 0 Å². The molecule has 5 nitrogen and oxygen atoms in total. The minimum atomic E-state index is -0.723. The highest BCUT2D eigenvalue weighted by Gasteiger charge is 2.37. The predicted molar refractivity (Wildman–Crippen MR) is 122 cm³/mol. The first-order chi connectivity index (χ1) is 15.9. The molecule has 0 radical (unpaired) electrons. The quantitative estimate of drug-likeness (QED) is 0.613. The number of nitrogens with zero attached hydrogens (tertiary/aromatic N) is 1. The van der Waals surface area contributed by atoms with Crippen molar-refractivity contribution in [1.29, 1.82) is 0 Å². The first-order valence-electron chi connectivity index (χ1n) is 11.3. The summed E-state index contributed by atoms with van der Waals surface area (Å²) in [6.07, 6.45) is 5.12. The molecule has 1 spiro atoms. The molecule has 0 atom stereocenters. The Morgan fingerprint density at radius 2 is 1.82 bits per heavy atom. The van der Waals surface area contributed by atoms with Crippen molar-refractivity contribution in [3.63, 3.8) is 0 Å². The third kappa shape index (κ3) is 5.46. The second-order valence-electron chi connectivity index (χ2n) is 8.90. The third-order valence-electron chi connectivity index (χ3n) is 6.69. The molecule has 0 unspecified atom stereocenters. The second-order valence-corrected chi connectivity index (χ2v) is 9.34. The molecular weight excluding hydrogens is 450 g/mol. The molecule has 8 heteroatoms. The summed E-state index contributed by atoms with van der Waals surface area (Å²) in [5, 5.41) is 3.51. The Morgan fingerprint density at radius 1 is 1.03 bits per heavy atom. The Labute approximate surface area is 197 Å². The van der Waals surface area contributed by atoms with Crippen molar-refractivity contribution in [3.8, 4) is 5.75 Å². The van der Waals surface area contributed by atoms with Crippen LogP contribution in [0.2, 0.25) is 5.02 Å². The Morgan fingerprint density at radius 3 is 2.61 bits per heavy atom. The molecule has 0 aliphatic carbocycles. The zero-order valence-electron chi connectivity index (χ0n) is 18.3. The van der Waals surface area contributed by atoms with E-state index in [0.717, 1.165) is 43.9 Å². The van der Waals surface area contributed by atoms with Crippen LogP contribution in [0.4, 0.5) is 8.78 Å². The van der Waals surface area contributed by atoms with Gasteiger partial charge in [0.15, 0.2) is 0 Å². The van der Waals surface area contributed by atoms with Gasteiger partial charge in [0.2, 0.25) is 0 Å². The van der Waals surface area contributed by atoms with Crippen molar-refractivity contribution < 1.29 is 23.1 Å². The van der Waals surface area contributed by atoms with E-state index >= 15 is 0 Å². The number of halogens is 3. The molecule has 176 valence electrons. The molecule has 1 saturated heterocycles. The van der Waals surface area contributed by atoms with E-state index in [1.54, 1.807) is 23.1 Å². The zero-order valence-corrected chi connectivity index (χ0v) is 19.1. The highest BCUT2D eigenvalue weighted by atomic mass is 35.5. The number of likely N-dealkylation sites (tertiary alicyclic amines) is 1. The molecule has 2 heterocycles. The number of hydrogen-bond donors (Lipinski definition) is 1. The topological polar surface area (TPSA) is 58.6 Å². The van der Waals surface area contributed by atoms with Crippen molar-refractivity contribution in [3.05, 3.63) is 64.2 Å². The molecule has 0 bridgehead atoms. The first kappa shape index (κ1) is 23.5. The van der Waals surface area contributed by atoms with Crippen molar-refractivity contribution in [2.75, 3.05) is 26.2 Å². The number of rotatable bonds is 1. The van der Waals surface area contributed by atoms with Crippen LogP contribution in [0.1, 0.15) is 59.2 Å². The Kier molecular flexibility index (Phi) is 7.17. The fourth-order valence-corrected chi connectivity index (χ4v) is 4.83. The summed E-state index contributed by atoms with van der Waals surface area (Å²) in [7, 11) is 0. The van der Waals surface area contributed by atoms with Crippen molar-refractivity contribution in [2.24, 2.45) is 5.41 Å². The average Bonchev–Trinajstić information content (AvgIpc) is 2.81. The summed E-state index contributed by atoms with van der Waals surface area (Å²) in [5.74, 6) is -1.59. The van der Waals surface area contributed by atoms with Gasteiger partial charge >= 0.3 is 0 Å². The molecule has 2 aromatic rings. The highest BCUT2D eigenvalue weighted by molar-refractivity contribution is 6.31. The molecule has 0 aromatic heterocycles. The van der Waals surface area contributed by atoms with E-state index in [0.29, 0.717) is 55.4 Å². The van der Waals surface area contributed by atoms with Crippen LogP contribution in [0.5, 0.6) is 5.75 Å². The Hall–Kier alpha value is -2.67. The van der Waals surface area contributed by atoms with Crippen LogP contribution >= 0.6 is 11.6 Å². The van der Waals surface area contributed by atoms with Crippen LogP contribution in [0.3, 0.4) is 0 Å². The largest absolute Gasteiger partial charge is 0.493 e. The molecule has 0 saturated carbocycles. The molecule has 2 aliphatic heterocycles. The number of carbonyl (C=O) groups is 2. The lowest BCUT2D eigenvalue weighted by atomic mass is 9.74. The number of piperidine rings is 1. The molecule has 33 heavy (non-hydrogen) atoms. The number of fused-ring (bicyclic) bond motifs is 1. The van der Waals surface area contributed by atoms with Gasteiger partial charge < -0.3 is 15.0 Å². The number of benzene rings is 2. The van der Waals surface area contributed by atoms with Gasteiger partial charge in [0.25, 0.3) is 11.8 Å². The zero-order chi connectivity index (χ0) is 23.4. The van der Waals surface area contributed by atoms with E-state index in [4.69, 9.17) is 16.3 Å². The number of hydrogen-bond acceptors (Lipinski definition) is 3. The van der Waals surface area contributed by atoms with Crippen molar-refractivity contribution >= 4 is 23.4 Å². The summed E-state index contributed by atoms with van der Waals surface area (Å²) < 4.78 is 33.4. The van der Waals surface area contributed by atoms with E-state index in [1.165, 1.54) is 0 Å². The van der Waals surface area contributed by atoms with Gasteiger partial charge in [0, 0.05) is 24.7 Å². The maximum absolute atomic E-state index is 14.1. The number of amides is 2. The normalized spacial score (nSPS) is 19.0. The summed E-state index contributed by atoms with van der Waals surface area (Å²) in [6.45, 7) is 1.84. The van der Waals surface area contributed by atoms with Gasteiger partial charge in [0.1, 0.15) is 17.4 Å². The fraction of sp³-hybridized carbons (Fsp3) is 0.440. The van der Waals surface area contributed by atoms with Crippen LogP contribution < -0.4 is 10.1 Å². The first-order valence-corrected chi connectivity index (χ1v) is 11.7. The van der Waals surface area contributed by atoms with Crippen LogP contribution in [0.25, 0.3) is 0 Å². The van der Waals surface area contributed by atoms with Crippen LogP contribution in [-0.2, 0) is 0 Å². The molecule has 1 fully saturated rings.